The van der Waals surface area contributed by atoms with Gasteiger partial charge in [-0.2, -0.15) is 11.8 Å². The lowest BCUT2D eigenvalue weighted by molar-refractivity contribution is -0.139. The Balaban J connectivity index is 4.04. The van der Waals surface area contributed by atoms with Crippen LogP contribution in [-0.4, -0.2) is 40.7 Å². The first-order valence-electron chi connectivity index (χ1n) is 5.14. The van der Waals surface area contributed by atoms with Gasteiger partial charge in [-0.1, -0.05) is 6.92 Å². The minimum Gasteiger partial charge on any atom is -0.480 e. The molecule has 5 nitrogen and oxygen atoms in total. The molecule has 0 saturated carbocycles. The normalized spacial score (nSPS) is 13.0. The Morgan fingerprint density at radius 1 is 1.44 bits per heavy atom. The van der Waals surface area contributed by atoms with Gasteiger partial charge in [0.1, 0.15) is 6.04 Å². The van der Waals surface area contributed by atoms with Crippen molar-refractivity contribution in [3.8, 4) is 0 Å². The molecule has 3 N–H and O–H groups in total. The van der Waals surface area contributed by atoms with Gasteiger partial charge in [-0.05, 0) is 26.5 Å². The predicted octanol–water partition coefficient (Wildman–Crippen LogP) is 1.29. The van der Waals surface area contributed by atoms with Crippen LogP contribution < -0.4 is 10.6 Å². The lowest BCUT2D eigenvalue weighted by Gasteiger charge is -2.23. The van der Waals surface area contributed by atoms with Gasteiger partial charge in [0, 0.05) is 11.3 Å². The molecule has 2 amide bonds. The second-order valence-electron chi connectivity index (χ2n) is 4.09. The van der Waals surface area contributed by atoms with Crippen LogP contribution in [0.3, 0.4) is 0 Å². The maximum absolute atomic E-state index is 11.4. The molecule has 0 aromatic rings. The van der Waals surface area contributed by atoms with Crippen molar-refractivity contribution >= 4 is 23.8 Å². The fourth-order valence-corrected chi connectivity index (χ4v) is 1.13. The number of carboxylic acids is 1. The molecule has 0 aromatic carbocycles. The first-order valence-corrected chi connectivity index (χ1v) is 6.37. The summed E-state index contributed by atoms with van der Waals surface area (Å²) >= 11 is 1.64. The van der Waals surface area contributed by atoms with Crippen molar-refractivity contribution in [2.24, 2.45) is 0 Å². The van der Waals surface area contributed by atoms with Crippen LogP contribution in [0.25, 0.3) is 0 Å². The van der Waals surface area contributed by atoms with Gasteiger partial charge in [0.25, 0.3) is 0 Å². The molecule has 0 rings (SSSR count). The monoisotopic (exact) mass is 248 g/mol. The van der Waals surface area contributed by atoms with Crippen molar-refractivity contribution < 1.29 is 14.7 Å². The van der Waals surface area contributed by atoms with E-state index in [1.54, 1.807) is 18.7 Å². The van der Waals surface area contributed by atoms with Gasteiger partial charge in [-0.15, -0.1) is 0 Å². The van der Waals surface area contributed by atoms with Crippen LogP contribution in [0.1, 0.15) is 27.2 Å². The molecular formula is C10H20N2O3S. The Morgan fingerprint density at radius 2 is 2.00 bits per heavy atom. The largest absolute Gasteiger partial charge is 0.480 e. The number of carboxylic acid groups (broad SMARTS) is 1. The van der Waals surface area contributed by atoms with E-state index in [4.69, 9.17) is 5.11 Å². The summed E-state index contributed by atoms with van der Waals surface area (Å²) in [5, 5.41) is 13.8. The second-order valence-corrected chi connectivity index (χ2v) is 5.60. The number of hydrogen-bond donors (Lipinski definition) is 3. The maximum atomic E-state index is 11.4. The van der Waals surface area contributed by atoms with E-state index in [9.17, 15) is 9.59 Å². The standard InChI is InChI=1S/C10H20N2O3S/c1-5-7(8(13)14)12-9(15)11-6-10(2,3)16-4/h7H,5-6H2,1-4H3,(H,13,14)(H2,11,12,15)/t7-/m1/s1. The molecule has 0 bridgehead atoms. The minimum absolute atomic E-state index is 0.0533. The summed E-state index contributed by atoms with van der Waals surface area (Å²) in [5.74, 6) is -1.01. The summed E-state index contributed by atoms with van der Waals surface area (Å²) < 4.78 is -0.0533. The highest BCUT2D eigenvalue weighted by Gasteiger charge is 2.20. The number of carbonyl (C=O) groups excluding carboxylic acids is 1. The number of thioether (sulfide) groups is 1. The third-order valence-electron chi connectivity index (χ3n) is 2.24. The van der Waals surface area contributed by atoms with Gasteiger partial charge < -0.3 is 15.7 Å². The molecule has 0 aliphatic heterocycles. The molecule has 0 aliphatic rings. The average molecular weight is 248 g/mol. The van der Waals surface area contributed by atoms with Crippen LogP contribution in [0, 0.1) is 0 Å². The van der Waals surface area contributed by atoms with Gasteiger partial charge in [0.15, 0.2) is 0 Å². The number of carbonyl (C=O) groups is 2. The lowest BCUT2D eigenvalue weighted by Crippen LogP contribution is -2.48. The van der Waals surface area contributed by atoms with Crippen molar-refractivity contribution in [3.05, 3.63) is 0 Å². The molecule has 0 spiro atoms. The summed E-state index contributed by atoms with van der Waals surface area (Å²) in [5.41, 5.74) is 0. The molecule has 6 heteroatoms. The van der Waals surface area contributed by atoms with E-state index in [1.807, 2.05) is 20.1 Å². The highest BCUT2D eigenvalue weighted by Crippen LogP contribution is 2.19. The minimum atomic E-state index is -1.01. The van der Waals surface area contributed by atoms with E-state index in [0.29, 0.717) is 13.0 Å². The lowest BCUT2D eigenvalue weighted by atomic mass is 10.2. The van der Waals surface area contributed by atoms with Crippen LogP contribution in [0.4, 0.5) is 4.79 Å². The molecular weight excluding hydrogens is 228 g/mol. The quantitative estimate of drug-likeness (QED) is 0.662. The molecule has 0 saturated heterocycles. The predicted molar refractivity (Wildman–Crippen MR) is 65.8 cm³/mol. The van der Waals surface area contributed by atoms with Gasteiger partial charge in [0.05, 0.1) is 0 Å². The third kappa shape index (κ3) is 5.85. The Morgan fingerprint density at radius 3 is 2.38 bits per heavy atom. The van der Waals surface area contributed by atoms with Crippen LogP contribution in [-0.2, 0) is 4.79 Å². The van der Waals surface area contributed by atoms with Crippen molar-refractivity contribution in [2.45, 2.75) is 38.0 Å². The van der Waals surface area contributed by atoms with E-state index < -0.39 is 18.0 Å². The van der Waals surface area contributed by atoms with E-state index in [1.165, 1.54) is 0 Å². The summed E-state index contributed by atoms with van der Waals surface area (Å²) in [6.45, 7) is 6.22. The van der Waals surface area contributed by atoms with Gasteiger partial charge in [-0.3, -0.25) is 0 Å². The Labute approximate surface area is 100 Å². The van der Waals surface area contributed by atoms with Crippen LogP contribution >= 0.6 is 11.8 Å². The van der Waals surface area contributed by atoms with E-state index >= 15 is 0 Å². The molecule has 0 unspecified atom stereocenters. The van der Waals surface area contributed by atoms with Crippen molar-refractivity contribution in [1.82, 2.24) is 10.6 Å². The zero-order valence-corrected chi connectivity index (χ0v) is 11.0. The highest BCUT2D eigenvalue weighted by molar-refractivity contribution is 7.99. The van der Waals surface area contributed by atoms with Gasteiger partial charge in [0.2, 0.25) is 0 Å². The molecule has 94 valence electrons. The fraction of sp³-hybridized carbons (Fsp3) is 0.800. The topological polar surface area (TPSA) is 78.4 Å². The first-order chi connectivity index (χ1) is 7.32. The van der Waals surface area contributed by atoms with E-state index in [2.05, 4.69) is 10.6 Å². The zero-order chi connectivity index (χ0) is 12.8. The summed E-state index contributed by atoms with van der Waals surface area (Å²) in [6.07, 6.45) is 2.33. The molecule has 1 atom stereocenters. The molecule has 0 radical (unpaired) electrons. The number of rotatable bonds is 6. The number of amides is 2. The fourth-order valence-electron chi connectivity index (χ4n) is 0.913. The zero-order valence-electron chi connectivity index (χ0n) is 10.2. The summed E-state index contributed by atoms with van der Waals surface area (Å²) in [7, 11) is 0. The maximum Gasteiger partial charge on any atom is 0.326 e. The number of hydrogen-bond acceptors (Lipinski definition) is 3. The molecule has 16 heavy (non-hydrogen) atoms. The van der Waals surface area contributed by atoms with Crippen molar-refractivity contribution in [3.63, 3.8) is 0 Å². The van der Waals surface area contributed by atoms with Gasteiger partial charge in [-0.25, -0.2) is 9.59 Å². The number of urea groups is 1. The van der Waals surface area contributed by atoms with E-state index in [0.717, 1.165) is 0 Å². The Hall–Kier alpha value is -0.910. The molecule has 0 fully saturated rings. The van der Waals surface area contributed by atoms with Crippen LogP contribution in [0.5, 0.6) is 0 Å². The Bertz CT molecular complexity index is 256. The smallest absolute Gasteiger partial charge is 0.326 e. The van der Waals surface area contributed by atoms with Crippen LogP contribution in [0.15, 0.2) is 0 Å². The first kappa shape index (κ1) is 15.1. The number of nitrogens with one attached hydrogen (secondary N) is 2. The van der Waals surface area contributed by atoms with Crippen molar-refractivity contribution in [1.29, 1.82) is 0 Å². The highest BCUT2D eigenvalue weighted by atomic mass is 32.2. The molecule has 0 aromatic heterocycles. The Kier molecular flexibility index (Phi) is 6.25. The van der Waals surface area contributed by atoms with Gasteiger partial charge >= 0.3 is 12.0 Å². The van der Waals surface area contributed by atoms with Crippen molar-refractivity contribution in [2.75, 3.05) is 12.8 Å². The molecule has 0 aliphatic carbocycles. The second kappa shape index (κ2) is 6.62. The van der Waals surface area contributed by atoms with Crippen LogP contribution in [0.2, 0.25) is 0 Å². The van der Waals surface area contributed by atoms with E-state index in [-0.39, 0.29) is 4.75 Å². The average Bonchev–Trinajstić information content (AvgIpc) is 2.22. The SMILES string of the molecule is CC[C@@H](NC(=O)NCC(C)(C)SC)C(=O)O. The molecule has 0 heterocycles. The summed E-state index contributed by atoms with van der Waals surface area (Å²) in [6, 6.07) is -1.26. The summed E-state index contributed by atoms with van der Waals surface area (Å²) in [4.78, 5) is 22.1. The number of aliphatic carboxylic acids is 1. The third-order valence-corrected chi connectivity index (χ3v) is 3.49.